The number of rotatable bonds is 10. The Balaban J connectivity index is 0.000000202. The quantitative estimate of drug-likeness (QED) is 0.0728. The number of hydrogen-bond donors (Lipinski definition) is 0. The number of halogens is 14. The maximum Gasteiger partial charge on any atom is 0.295 e. The van der Waals surface area contributed by atoms with Crippen LogP contribution in [0.2, 0.25) is 0 Å². The largest absolute Gasteiger partial charge is 1.00 e. The van der Waals surface area contributed by atoms with Crippen LogP contribution in [0.4, 0.5) is 0 Å². The standard InChI is InChI=1S/2C25H22P.Cl12Si6.2ClH/c2*1-5-13-22(14-6-1)21-26(23-15-7-2-8-16-23,24-17-9-3-10-18-24)25-19-11-4-12-20-25;1-13(2)14(3,4)16(7,8)18(11,12)17(9,10)15(13,5)6;;/h2*1-20H,21H2;;2*1H/q2*+1;;;/p-2. The van der Waals surface area contributed by atoms with E-state index < -0.39 is 48.9 Å². The van der Waals surface area contributed by atoms with Gasteiger partial charge in [0.2, 0.25) is 0 Å². The topological polar surface area (TPSA) is 0 Å². The fourth-order valence-corrected chi connectivity index (χ4v) is 303. The van der Waals surface area contributed by atoms with Gasteiger partial charge in [0, 0.05) is 0 Å². The Hall–Kier alpha value is -0.0187. The van der Waals surface area contributed by atoms with E-state index in [2.05, 4.69) is 243 Å². The average Bonchev–Trinajstić information content (AvgIpc) is 3.39. The minimum absolute atomic E-state index is 0. The molecule has 0 atom stereocenters. The van der Waals surface area contributed by atoms with Gasteiger partial charge < -0.3 is 24.8 Å². The van der Waals surface area contributed by atoms with Crippen LogP contribution in [0, 0.1) is 0 Å². The Morgan fingerprint density at radius 1 is 0.208 bits per heavy atom. The summed E-state index contributed by atoms with van der Waals surface area (Å²) in [6.07, 6.45) is 2.07. The summed E-state index contributed by atoms with van der Waals surface area (Å²) in [5.74, 6) is 0. The molecule has 0 unspecified atom stereocenters. The molecule has 1 saturated heterocycles. The summed E-state index contributed by atoms with van der Waals surface area (Å²) in [6, 6.07) is 88.1. The molecule has 0 bridgehead atoms. The summed E-state index contributed by atoms with van der Waals surface area (Å²) in [6.45, 7) is 0. The van der Waals surface area contributed by atoms with Gasteiger partial charge in [-0.3, -0.25) is 0 Å². The Morgan fingerprint density at radius 3 is 0.472 bits per heavy atom. The van der Waals surface area contributed by atoms with Crippen LogP contribution in [0.1, 0.15) is 11.1 Å². The summed E-state index contributed by atoms with van der Waals surface area (Å²) >= 11 is 75.5. The van der Waals surface area contributed by atoms with Gasteiger partial charge in [-0.15, -0.1) is 133 Å². The van der Waals surface area contributed by atoms with Gasteiger partial charge in [-0.05, 0) is 83.9 Å². The van der Waals surface area contributed by atoms with E-state index in [1.54, 1.807) is 0 Å². The minimum Gasteiger partial charge on any atom is -1.00 e. The van der Waals surface area contributed by atoms with Gasteiger partial charge in [-0.2, -0.15) is 0 Å². The fourth-order valence-electron chi connectivity index (χ4n) is 8.43. The molecule has 8 aromatic carbocycles. The van der Waals surface area contributed by atoms with Crippen molar-refractivity contribution in [1.82, 2.24) is 0 Å². The van der Waals surface area contributed by atoms with Crippen molar-refractivity contribution < 1.29 is 24.8 Å². The fraction of sp³-hybridized carbons (Fsp3) is 0.0400. The van der Waals surface area contributed by atoms with Crippen LogP contribution < -0.4 is 56.6 Å². The Morgan fingerprint density at radius 2 is 0.333 bits per heavy atom. The smallest absolute Gasteiger partial charge is 0.295 e. The Kier molecular flexibility index (Phi) is 23.3. The van der Waals surface area contributed by atoms with Crippen molar-refractivity contribution in [3.8, 4) is 0 Å². The second-order valence-corrected chi connectivity index (χ2v) is 113. The van der Waals surface area contributed by atoms with E-state index in [-0.39, 0.29) is 24.8 Å². The van der Waals surface area contributed by atoms with Crippen molar-refractivity contribution in [3.63, 3.8) is 0 Å². The van der Waals surface area contributed by atoms with Crippen LogP contribution in [-0.4, -0.2) is 34.4 Å². The molecular formula is C50H44Cl14P2Si6. The predicted octanol–water partition coefficient (Wildman–Crippen LogP) is 10.4. The lowest BCUT2D eigenvalue weighted by atomic mass is 10.2. The summed E-state index contributed by atoms with van der Waals surface area (Å²) in [7, 11) is -3.55. The maximum absolute atomic E-state index is 6.29. The van der Waals surface area contributed by atoms with Crippen molar-refractivity contribution in [3.05, 3.63) is 254 Å². The van der Waals surface area contributed by atoms with Crippen LogP contribution in [0.3, 0.4) is 0 Å². The molecule has 0 aromatic heterocycles. The lowest BCUT2D eigenvalue weighted by Gasteiger charge is -2.54. The Bertz CT molecular complexity index is 2420. The lowest BCUT2D eigenvalue weighted by Crippen LogP contribution is -3.00. The highest BCUT2D eigenvalue weighted by molar-refractivity contribution is 8.52. The van der Waals surface area contributed by atoms with E-state index in [4.69, 9.17) is 133 Å². The Labute approximate surface area is 498 Å². The first-order valence-corrected chi connectivity index (χ1v) is 55.8. The zero-order valence-corrected chi connectivity index (χ0v) is 56.1. The molecule has 22 heteroatoms. The van der Waals surface area contributed by atoms with Crippen molar-refractivity contribution >= 4 is 214 Å². The van der Waals surface area contributed by atoms with E-state index in [0.29, 0.717) is 0 Å². The second kappa shape index (κ2) is 26.8. The van der Waals surface area contributed by atoms with Crippen molar-refractivity contribution in [2.24, 2.45) is 0 Å². The molecular weight excluding hydrogens is 1330 g/mol. The molecule has 0 saturated carbocycles. The first-order chi connectivity index (χ1) is 33.3. The third-order valence-electron chi connectivity index (χ3n) is 12.1. The third-order valence-corrected chi connectivity index (χ3v) is 210. The highest BCUT2D eigenvalue weighted by Gasteiger charge is 2.95. The monoisotopic (exact) mass is 1360 g/mol. The maximum atomic E-state index is 6.29. The van der Waals surface area contributed by atoms with E-state index in [1.807, 2.05) is 0 Å². The first-order valence-electron chi connectivity index (χ1n) is 21.7. The SMILES string of the molecule is Cl[Si]1(Cl)[Si](Cl)(Cl)[Si](Cl)(Cl)[Si](Cl)(Cl)[Si](Cl)(Cl)[Si]1(Cl)Cl.[Cl-].[Cl-].c1ccc(C[P+](c2ccccc2)(c2ccccc2)c2ccccc2)cc1.c1ccc(C[P+](c2ccccc2)(c2ccccc2)c2ccccc2)cc1. The van der Waals surface area contributed by atoms with Crippen LogP contribution in [-0.2, 0) is 12.3 Å². The molecule has 1 heterocycles. The van der Waals surface area contributed by atoms with Gasteiger partial charge in [0.1, 0.15) is 46.4 Å². The van der Waals surface area contributed by atoms with Gasteiger partial charge in [0.25, 0.3) is 34.4 Å². The summed E-state index contributed by atoms with van der Waals surface area (Å²) in [5, 5.41) is 8.59. The molecule has 0 amide bonds. The number of benzene rings is 8. The molecule has 376 valence electrons. The molecule has 9 rings (SSSR count). The van der Waals surface area contributed by atoms with Crippen LogP contribution >= 0.6 is 147 Å². The van der Waals surface area contributed by atoms with E-state index in [0.717, 1.165) is 12.3 Å². The molecule has 0 nitrogen and oxygen atoms in total. The van der Waals surface area contributed by atoms with E-state index in [9.17, 15) is 0 Å². The molecule has 0 aliphatic carbocycles. The summed E-state index contributed by atoms with van der Waals surface area (Å²) in [5.41, 5.74) is -19.2. The normalized spacial score (nSPS) is 16.6. The molecule has 1 aliphatic heterocycles. The van der Waals surface area contributed by atoms with Crippen LogP contribution in [0.15, 0.2) is 243 Å². The highest BCUT2D eigenvalue weighted by Crippen LogP contribution is 2.66. The van der Waals surface area contributed by atoms with Crippen molar-refractivity contribution in [1.29, 1.82) is 0 Å². The number of hydrogen-bond acceptors (Lipinski definition) is 0. The van der Waals surface area contributed by atoms with Crippen molar-refractivity contribution in [2.75, 3.05) is 0 Å². The molecule has 0 spiro atoms. The molecule has 8 aromatic rings. The summed E-state index contributed by atoms with van der Waals surface area (Å²) in [4.78, 5) is 0. The average molecular weight is 1370 g/mol. The molecule has 1 fully saturated rings. The molecule has 72 heavy (non-hydrogen) atoms. The van der Waals surface area contributed by atoms with Gasteiger partial charge in [-0.25, -0.2) is 0 Å². The van der Waals surface area contributed by atoms with Gasteiger partial charge >= 0.3 is 0 Å². The highest BCUT2D eigenvalue weighted by atomic mass is 35.8. The summed E-state index contributed by atoms with van der Waals surface area (Å²) < 4.78 is 0. The van der Waals surface area contributed by atoms with E-state index >= 15 is 0 Å². The molecule has 1 aliphatic rings. The zero-order chi connectivity index (χ0) is 50.3. The zero-order valence-electron chi connectivity index (χ0n) is 37.7. The van der Waals surface area contributed by atoms with E-state index in [1.165, 1.54) is 43.0 Å². The first kappa shape index (κ1) is 62.8. The van der Waals surface area contributed by atoms with Gasteiger partial charge in [0.15, 0.2) is 0 Å². The third kappa shape index (κ3) is 12.4. The molecule has 0 N–H and O–H groups in total. The van der Waals surface area contributed by atoms with Gasteiger partial charge in [-0.1, -0.05) is 170 Å². The predicted molar refractivity (Wildman–Crippen MR) is 335 cm³/mol. The minimum atomic E-state index is -3.66. The van der Waals surface area contributed by atoms with Crippen molar-refractivity contribution in [2.45, 2.75) is 12.3 Å². The van der Waals surface area contributed by atoms with Crippen LogP contribution in [0.5, 0.6) is 0 Å². The van der Waals surface area contributed by atoms with Crippen LogP contribution in [0.25, 0.3) is 0 Å². The second-order valence-electron chi connectivity index (χ2n) is 16.4. The molecule has 0 radical (unpaired) electrons. The lowest BCUT2D eigenvalue weighted by molar-refractivity contribution is -0.00100. The van der Waals surface area contributed by atoms with Gasteiger partial charge in [0.05, 0.1) is 12.3 Å².